The van der Waals surface area contributed by atoms with Gasteiger partial charge in [-0.05, 0) is 31.5 Å². The fourth-order valence-electron chi connectivity index (χ4n) is 1.58. The van der Waals surface area contributed by atoms with Crippen LogP contribution in [0.3, 0.4) is 0 Å². The van der Waals surface area contributed by atoms with Crippen LogP contribution in [0.1, 0.15) is 24.3 Å². The summed E-state index contributed by atoms with van der Waals surface area (Å²) in [6.45, 7) is 1.02. The van der Waals surface area contributed by atoms with E-state index in [-0.39, 0.29) is 13.0 Å². The highest BCUT2D eigenvalue weighted by atomic mass is 79.9. The van der Waals surface area contributed by atoms with Gasteiger partial charge in [-0.2, -0.15) is 13.2 Å². The summed E-state index contributed by atoms with van der Waals surface area (Å²) >= 11 is 9.54. The summed E-state index contributed by atoms with van der Waals surface area (Å²) in [5.74, 6) is 0.631. The van der Waals surface area contributed by atoms with E-state index >= 15 is 0 Å². The first-order chi connectivity index (χ1) is 9.33. The normalized spacial score (nSPS) is 13.3. The largest absolute Gasteiger partial charge is 0.494 e. The first kappa shape index (κ1) is 17.6. The minimum atomic E-state index is -4.31. The van der Waals surface area contributed by atoms with Crippen LogP contribution < -0.4 is 4.74 Å². The lowest BCUT2D eigenvalue weighted by Crippen LogP contribution is -2.17. The van der Waals surface area contributed by atoms with Crippen molar-refractivity contribution in [1.82, 2.24) is 0 Å². The molecule has 0 saturated heterocycles. The predicted octanol–water partition coefficient (Wildman–Crippen LogP) is 5.10. The molecule has 1 aromatic rings. The van der Waals surface area contributed by atoms with Gasteiger partial charge in [-0.3, -0.25) is 0 Å². The zero-order chi connectivity index (χ0) is 15.2. The summed E-state index contributed by atoms with van der Waals surface area (Å²) in [5.41, 5.74) is 0.735. The lowest BCUT2D eigenvalue weighted by Gasteiger charge is -2.16. The molecule has 0 saturated carbocycles. The minimum absolute atomic E-state index is 0.0637. The minimum Gasteiger partial charge on any atom is -0.494 e. The van der Waals surface area contributed by atoms with E-state index in [9.17, 15) is 13.2 Å². The summed E-state index contributed by atoms with van der Waals surface area (Å²) in [6, 6.07) is 5.39. The Morgan fingerprint density at radius 3 is 2.65 bits per heavy atom. The monoisotopic (exact) mass is 374 g/mol. The molecule has 0 spiro atoms. The predicted molar refractivity (Wildman–Crippen MR) is 75.4 cm³/mol. The molecule has 0 heterocycles. The van der Waals surface area contributed by atoms with Crippen LogP contribution in [-0.4, -0.2) is 26.0 Å². The third-order valence-corrected chi connectivity index (χ3v) is 3.34. The molecular weight excluding hydrogens is 360 g/mol. The third-order valence-electron chi connectivity index (χ3n) is 2.39. The average Bonchev–Trinajstić information content (AvgIpc) is 2.35. The second-order valence-corrected chi connectivity index (χ2v) is 5.48. The van der Waals surface area contributed by atoms with Crippen molar-refractivity contribution < 1.29 is 22.6 Å². The van der Waals surface area contributed by atoms with Crippen molar-refractivity contribution in [3.63, 3.8) is 0 Å². The van der Waals surface area contributed by atoms with E-state index in [2.05, 4.69) is 20.7 Å². The number of hydrogen-bond donors (Lipinski definition) is 0. The summed E-state index contributed by atoms with van der Waals surface area (Å²) in [4.78, 5) is 0. The van der Waals surface area contributed by atoms with Crippen LogP contribution >= 0.6 is 27.5 Å². The lowest BCUT2D eigenvalue weighted by molar-refractivity contribution is -0.174. The molecule has 20 heavy (non-hydrogen) atoms. The number of alkyl halides is 4. The fraction of sp³-hybridized carbons (Fsp3) is 0.538. The van der Waals surface area contributed by atoms with Crippen LogP contribution in [0.15, 0.2) is 22.7 Å². The number of hydrogen-bond acceptors (Lipinski definition) is 2. The summed E-state index contributed by atoms with van der Waals surface area (Å²) < 4.78 is 46.6. The van der Waals surface area contributed by atoms with Crippen molar-refractivity contribution in [2.75, 3.05) is 19.8 Å². The molecule has 0 amide bonds. The molecule has 1 unspecified atom stereocenters. The molecule has 0 fully saturated rings. The Hall–Kier alpha value is -0.460. The van der Waals surface area contributed by atoms with Crippen molar-refractivity contribution in [2.45, 2.75) is 24.9 Å². The first-order valence-corrected chi connectivity index (χ1v) is 7.27. The number of rotatable bonds is 7. The van der Waals surface area contributed by atoms with Gasteiger partial charge in [0.2, 0.25) is 0 Å². The lowest BCUT2D eigenvalue weighted by atomic mass is 10.1. The molecule has 1 atom stereocenters. The Bertz CT molecular complexity index is 427. The van der Waals surface area contributed by atoms with Crippen LogP contribution in [0.2, 0.25) is 0 Å². The Kier molecular flexibility index (Phi) is 7.12. The van der Waals surface area contributed by atoms with Gasteiger partial charge >= 0.3 is 6.18 Å². The fourth-order valence-corrected chi connectivity index (χ4v) is 2.22. The topological polar surface area (TPSA) is 18.5 Å². The van der Waals surface area contributed by atoms with Crippen molar-refractivity contribution in [3.05, 3.63) is 28.2 Å². The zero-order valence-corrected chi connectivity index (χ0v) is 13.2. The molecular formula is C13H15BrClF3O2. The van der Waals surface area contributed by atoms with Gasteiger partial charge in [0.05, 0.1) is 12.0 Å². The first-order valence-electron chi connectivity index (χ1n) is 6.04. The summed E-state index contributed by atoms with van der Waals surface area (Å²) in [5, 5.41) is -0.470. The highest BCUT2D eigenvalue weighted by Gasteiger charge is 2.27. The second kappa shape index (κ2) is 8.10. The smallest absolute Gasteiger partial charge is 0.411 e. The number of ether oxygens (including phenoxy) is 2. The Morgan fingerprint density at radius 2 is 2.05 bits per heavy atom. The molecule has 0 aliphatic rings. The van der Waals surface area contributed by atoms with E-state index in [1.165, 1.54) is 0 Å². The van der Waals surface area contributed by atoms with Gasteiger partial charge in [0.15, 0.2) is 0 Å². The molecule has 0 aliphatic carbocycles. The molecule has 2 nitrogen and oxygen atoms in total. The van der Waals surface area contributed by atoms with E-state index in [4.69, 9.17) is 16.3 Å². The number of halogens is 5. The summed E-state index contributed by atoms with van der Waals surface area (Å²) in [6.07, 6.45) is -4.04. The van der Waals surface area contributed by atoms with E-state index < -0.39 is 18.2 Å². The molecule has 1 aromatic carbocycles. The van der Waals surface area contributed by atoms with Crippen molar-refractivity contribution in [1.29, 1.82) is 0 Å². The number of benzene rings is 1. The van der Waals surface area contributed by atoms with Gasteiger partial charge in [0, 0.05) is 16.6 Å². The Morgan fingerprint density at radius 1 is 1.35 bits per heavy atom. The zero-order valence-electron chi connectivity index (χ0n) is 10.8. The molecule has 7 heteroatoms. The molecule has 0 aliphatic heterocycles. The van der Waals surface area contributed by atoms with Gasteiger partial charge < -0.3 is 9.47 Å². The van der Waals surface area contributed by atoms with Crippen molar-refractivity contribution in [3.8, 4) is 5.75 Å². The van der Waals surface area contributed by atoms with Crippen LogP contribution in [0.4, 0.5) is 13.2 Å². The second-order valence-electron chi connectivity index (χ2n) is 4.04. The van der Waals surface area contributed by atoms with E-state index in [0.29, 0.717) is 12.4 Å². The maximum absolute atomic E-state index is 11.9. The SMILES string of the molecule is CCOc1ccc(Br)cc1C(Cl)CCOCC(F)(F)F. The van der Waals surface area contributed by atoms with Gasteiger partial charge in [-0.1, -0.05) is 15.9 Å². The highest BCUT2D eigenvalue weighted by Crippen LogP contribution is 2.34. The standard InChI is InChI=1S/C13H15BrClF3O2/c1-2-20-12-4-3-9(14)7-10(12)11(15)5-6-19-8-13(16,17)18/h3-4,7,11H,2,5-6,8H2,1H3. The van der Waals surface area contributed by atoms with Crippen molar-refractivity contribution in [2.24, 2.45) is 0 Å². The van der Waals surface area contributed by atoms with Crippen LogP contribution in [-0.2, 0) is 4.74 Å². The van der Waals surface area contributed by atoms with Crippen LogP contribution in [0.5, 0.6) is 5.75 Å². The van der Waals surface area contributed by atoms with Crippen LogP contribution in [0, 0.1) is 0 Å². The maximum Gasteiger partial charge on any atom is 0.411 e. The molecule has 0 radical (unpaired) electrons. The van der Waals surface area contributed by atoms with Gasteiger partial charge in [0.25, 0.3) is 0 Å². The molecule has 1 rings (SSSR count). The quantitative estimate of drug-likeness (QED) is 0.488. The third kappa shape index (κ3) is 6.33. The molecule has 0 bridgehead atoms. The highest BCUT2D eigenvalue weighted by molar-refractivity contribution is 9.10. The van der Waals surface area contributed by atoms with E-state index in [0.717, 1.165) is 10.0 Å². The molecule has 0 aromatic heterocycles. The van der Waals surface area contributed by atoms with E-state index in [1.807, 2.05) is 13.0 Å². The van der Waals surface area contributed by atoms with Gasteiger partial charge in [-0.15, -0.1) is 11.6 Å². The molecule has 0 N–H and O–H groups in total. The van der Waals surface area contributed by atoms with Crippen LogP contribution in [0.25, 0.3) is 0 Å². The maximum atomic E-state index is 11.9. The van der Waals surface area contributed by atoms with E-state index in [1.54, 1.807) is 12.1 Å². The Balaban J connectivity index is 2.58. The van der Waals surface area contributed by atoms with Crippen molar-refractivity contribution >= 4 is 27.5 Å². The van der Waals surface area contributed by atoms with Gasteiger partial charge in [-0.25, -0.2) is 0 Å². The van der Waals surface area contributed by atoms with Gasteiger partial charge in [0.1, 0.15) is 12.4 Å². The molecule has 114 valence electrons. The average molecular weight is 376 g/mol. The summed E-state index contributed by atoms with van der Waals surface area (Å²) in [7, 11) is 0. The Labute approximate surface area is 129 Å².